The van der Waals surface area contributed by atoms with Crippen molar-refractivity contribution in [1.82, 2.24) is 14.5 Å². The first-order chi connectivity index (χ1) is 13.8. The molecule has 1 fully saturated rings. The van der Waals surface area contributed by atoms with Gasteiger partial charge in [-0.1, -0.05) is 19.9 Å². The van der Waals surface area contributed by atoms with Crippen molar-refractivity contribution >= 4 is 27.5 Å². The lowest BCUT2D eigenvalue weighted by Gasteiger charge is -2.31. The molecule has 0 saturated carbocycles. The highest BCUT2D eigenvalue weighted by Crippen LogP contribution is 2.20. The van der Waals surface area contributed by atoms with Crippen molar-refractivity contribution in [2.24, 2.45) is 5.92 Å². The number of amides is 2. The van der Waals surface area contributed by atoms with E-state index in [0.29, 0.717) is 31.9 Å². The Morgan fingerprint density at radius 1 is 1.21 bits per heavy atom. The Kier molecular flexibility index (Phi) is 8.60. The number of carbonyl (C=O) groups excluding carboxylic acids is 2. The van der Waals surface area contributed by atoms with Crippen LogP contribution in [0.15, 0.2) is 29.2 Å². The van der Waals surface area contributed by atoms with E-state index in [-0.39, 0.29) is 29.2 Å². The minimum absolute atomic E-state index is 0.0342. The van der Waals surface area contributed by atoms with Crippen LogP contribution >= 0.6 is 0 Å². The minimum atomic E-state index is -3.58. The van der Waals surface area contributed by atoms with Crippen LogP contribution in [0.2, 0.25) is 0 Å². The fourth-order valence-electron chi connectivity index (χ4n) is 3.58. The Hall–Kier alpha value is -1.97. The summed E-state index contributed by atoms with van der Waals surface area (Å²) in [7, 11) is -3.58. The highest BCUT2D eigenvalue weighted by atomic mass is 32.2. The molecule has 29 heavy (non-hydrogen) atoms. The molecule has 1 saturated heterocycles. The highest BCUT2D eigenvalue weighted by molar-refractivity contribution is 7.89. The third kappa shape index (κ3) is 6.25. The molecule has 0 spiro atoms. The Morgan fingerprint density at radius 2 is 1.93 bits per heavy atom. The summed E-state index contributed by atoms with van der Waals surface area (Å²) in [6.45, 7) is 8.33. The van der Waals surface area contributed by atoms with Crippen molar-refractivity contribution in [3.8, 4) is 0 Å². The van der Waals surface area contributed by atoms with Gasteiger partial charge in [0, 0.05) is 31.9 Å². The predicted octanol–water partition coefficient (Wildman–Crippen LogP) is 1.50. The Bertz CT molecular complexity index is 808. The average Bonchev–Trinajstić information content (AvgIpc) is 2.69. The number of piperidine rings is 1. The topological polar surface area (TPSA) is 98.8 Å². The number of hydrogen-bond acceptors (Lipinski definition) is 5. The van der Waals surface area contributed by atoms with E-state index in [4.69, 9.17) is 0 Å². The standard InChI is InChI=1S/C20H32N4O4S/c1-4-21-20(26)16-9-8-12-23(14-16)15-19(25)22-17-10-7-11-18(13-17)29(27,28)24(5-2)6-3/h7,10-11,13,16H,4-6,8-9,12,14-15H2,1-3H3,(H,21,26)(H,22,25). The Labute approximate surface area is 173 Å². The molecule has 1 atom stereocenters. The molecule has 0 radical (unpaired) electrons. The number of nitrogens with one attached hydrogen (secondary N) is 2. The number of nitrogens with zero attached hydrogens (tertiary/aromatic N) is 2. The van der Waals surface area contributed by atoms with E-state index in [1.807, 2.05) is 11.8 Å². The van der Waals surface area contributed by atoms with Crippen LogP contribution in [0.1, 0.15) is 33.6 Å². The maximum absolute atomic E-state index is 12.7. The van der Waals surface area contributed by atoms with E-state index in [1.165, 1.54) is 16.4 Å². The molecule has 0 aliphatic carbocycles. The monoisotopic (exact) mass is 424 g/mol. The molecule has 2 N–H and O–H groups in total. The number of anilines is 1. The predicted molar refractivity (Wildman–Crippen MR) is 113 cm³/mol. The first-order valence-corrected chi connectivity index (χ1v) is 11.7. The Balaban J connectivity index is 2.00. The van der Waals surface area contributed by atoms with Crippen molar-refractivity contribution in [1.29, 1.82) is 0 Å². The van der Waals surface area contributed by atoms with E-state index in [2.05, 4.69) is 10.6 Å². The molecule has 2 amide bonds. The van der Waals surface area contributed by atoms with E-state index in [0.717, 1.165) is 19.4 Å². The second-order valence-corrected chi connectivity index (χ2v) is 9.07. The lowest BCUT2D eigenvalue weighted by atomic mass is 9.97. The summed E-state index contributed by atoms with van der Waals surface area (Å²) in [4.78, 5) is 26.7. The van der Waals surface area contributed by atoms with Crippen LogP contribution in [0.3, 0.4) is 0 Å². The lowest BCUT2D eigenvalue weighted by molar-refractivity contribution is -0.127. The molecule has 1 aromatic rings. The van der Waals surface area contributed by atoms with E-state index in [1.54, 1.807) is 26.0 Å². The van der Waals surface area contributed by atoms with Crippen LogP contribution in [-0.4, -0.2) is 68.7 Å². The van der Waals surface area contributed by atoms with Crippen molar-refractivity contribution in [2.45, 2.75) is 38.5 Å². The van der Waals surface area contributed by atoms with Gasteiger partial charge in [-0.2, -0.15) is 4.31 Å². The van der Waals surface area contributed by atoms with Crippen LogP contribution in [0, 0.1) is 5.92 Å². The number of sulfonamides is 1. The van der Waals surface area contributed by atoms with Crippen molar-refractivity contribution in [3.63, 3.8) is 0 Å². The van der Waals surface area contributed by atoms with Gasteiger partial charge in [0.1, 0.15) is 0 Å². The summed E-state index contributed by atoms with van der Waals surface area (Å²) in [5.41, 5.74) is 0.445. The van der Waals surface area contributed by atoms with Crippen LogP contribution in [-0.2, 0) is 19.6 Å². The van der Waals surface area contributed by atoms with Gasteiger partial charge in [0.15, 0.2) is 0 Å². The third-order valence-corrected chi connectivity index (χ3v) is 7.10. The first kappa shape index (κ1) is 23.3. The number of carbonyl (C=O) groups is 2. The van der Waals surface area contributed by atoms with Gasteiger partial charge in [-0.25, -0.2) is 8.42 Å². The van der Waals surface area contributed by atoms with Crippen LogP contribution < -0.4 is 10.6 Å². The molecule has 1 unspecified atom stereocenters. The summed E-state index contributed by atoms with van der Waals surface area (Å²) in [5.74, 6) is -0.287. The van der Waals surface area contributed by atoms with E-state index < -0.39 is 10.0 Å². The van der Waals surface area contributed by atoms with Crippen LogP contribution in [0.5, 0.6) is 0 Å². The molecule has 0 aromatic heterocycles. The number of hydrogen-bond donors (Lipinski definition) is 2. The fourth-order valence-corrected chi connectivity index (χ4v) is 5.09. The molecule has 1 aliphatic rings. The second kappa shape index (κ2) is 10.7. The zero-order valence-corrected chi connectivity index (χ0v) is 18.3. The maximum atomic E-state index is 12.7. The quantitative estimate of drug-likeness (QED) is 0.626. The number of rotatable bonds is 9. The molecule has 162 valence electrons. The van der Waals surface area contributed by atoms with Gasteiger partial charge in [-0.3, -0.25) is 14.5 Å². The normalized spacial score (nSPS) is 17.9. The summed E-state index contributed by atoms with van der Waals surface area (Å²) in [5, 5.41) is 5.62. The first-order valence-electron chi connectivity index (χ1n) is 10.2. The molecule has 1 heterocycles. The van der Waals surface area contributed by atoms with Gasteiger partial charge in [-0.05, 0) is 44.5 Å². The summed E-state index contributed by atoms with van der Waals surface area (Å²) >= 11 is 0. The van der Waals surface area contributed by atoms with Gasteiger partial charge in [0.2, 0.25) is 21.8 Å². The molecule has 8 nitrogen and oxygen atoms in total. The SMILES string of the molecule is CCNC(=O)C1CCCN(CC(=O)Nc2cccc(S(=O)(=O)N(CC)CC)c2)C1. The van der Waals surface area contributed by atoms with Crippen LogP contribution in [0.4, 0.5) is 5.69 Å². The van der Waals surface area contributed by atoms with Gasteiger partial charge in [0.25, 0.3) is 0 Å². The molecule has 1 aliphatic heterocycles. The summed E-state index contributed by atoms with van der Waals surface area (Å²) in [6.07, 6.45) is 1.70. The van der Waals surface area contributed by atoms with E-state index in [9.17, 15) is 18.0 Å². The maximum Gasteiger partial charge on any atom is 0.243 e. The average molecular weight is 425 g/mol. The van der Waals surface area contributed by atoms with Gasteiger partial charge < -0.3 is 10.6 Å². The second-order valence-electron chi connectivity index (χ2n) is 7.13. The van der Waals surface area contributed by atoms with Gasteiger partial charge in [-0.15, -0.1) is 0 Å². The Morgan fingerprint density at radius 3 is 2.59 bits per heavy atom. The number of likely N-dealkylation sites (tertiary alicyclic amines) is 1. The smallest absolute Gasteiger partial charge is 0.243 e. The van der Waals surface area contributed by atoms with Gasteiger partial charge in [0.05, 0.1) is 17.4 Å². The molecule has 1 aromatic carbocycles. The highest BCUT2D eigenvalue weighted by Gasteiger charge is 2.26. The molecule has 2 rings (SSSR count). The summed E-state index contributed by atoms with van der Waals surface area (Å²) < 4.78 is 26.7. The van der Waals surface area contributed by atoms with Crippen LogP contribution in [0.25, 0.3) is 0 Å². The molecular weight excluding hydrogens is 392 g/mol. The van der Waals surface area contributed by atoms with E-state index >= 15 is 0 Å². The lowest BCUT2D eigenvalue weighted by Crippen LogP contribution is -2.45. The zero-order chi connectivity index (χ0) is 21.4. The van der Waals surface area contributed by atoms with Crippen molar-refractivity contribution in [3.05, 3.63) is 24.3 Å². The third-order valence-electron chi connectivity index (χ3n) is 5.06. The van der Waals surface area contributed by atoms with Gasteiger partial charge >= 0.3 is 0 Å². The minimum Gasteiger partial charge on any atom is -0.356 e. The largest absolute Gasteiger partial charge is 0.356 e. The van der Waals surface area contributed by atoms with Crippen molar-refractivity contribution in [2.75, 3.05) is 44.6 Å². The molecule has 9 heteroatoms. The number of benzene rings is 1. The summed E-state index contributed by atoms with van der Waals surface area (Å²) in [6, 6.07) is 6.31. The molecular formula is C20H32N4O4S. The fraction of sp³-hybridized carbons (Fsp3) is 0.600. The molecule has 0 bridgehead atoms. The van der Waals surface area contributed by atoms with Crippen molar-refractivity contribution < 1.29 is 18.0 Å². The zero-order valence-electron chi connectivity index (χ0n) is 17.5.